The van der Waals surface area contributed by atoms with Crippen LogP contribution in [0.3, 0.4) is 0 Å². The normalized spacial score (nSPS) is 10.9. The average molecular weight is 259 g/mol. The monoisotopic (exact) mass is 259 g/mol. The average Bonchev–Trinajstić information content (AvgIpc) is 2.92. The summed E-state index contributed by atoms with van der Waals surface area (Å²) >= 11 is 1.60. The van der Waals surface area contributed by atoms with E-state index in [-0.39, 0.29) is 0 Å². The van der Waals surface area contributed by atoms with Gasteiger partial charge in [-0.25, -0.2) is 4.98 Å². The maximum absolute atomic E-state index is 5.75. The van der Waals surface area contributed by atoms with E-state index in [9.17, 15) is 0 Å². The second kappa shape index (κ2) is 4.30. The first-order valence-corrected chi connectivity index (χ1v) is 6.41. The molecule has 1 aromatic carbocycles. The van der Waals surface area contributed by atoms with Gasteiger partial charge in [0, 0.05) is 18.9 Å². The van der Waals surface area contributed by atoms with Crippen molar-refractivity contribution in [2.75, 3.05) is 11.1 Å². The summed E-state index contributed by atoms with van der Waals surface area (Å²) in [6.45, 7) is 0.677. The standard InChI is InChI=1S/C12H13N5S/c1-17-5-4-9(16-17)7-14-12-15-10-3-2-8(13)6-11(10)18-12/h2-6H,7,13H2,1H3,(H,14,15). The van der Waals surface area contributed by atoms with Crippen LogP contribution in [-0.4, -0.2) is 14.8 Å². The van der Waals surface area contributed by atoms with Crippen molar-refractivity contribution in [1.29, 1.82) is 0 Å². The summed E-state index contributed by atoms with van der Waals surface area (Å²) in [7, 11) is 1.91. The highest BCUT2D eigenvalue weighted by Gasteiger charge is 2.04. The van der Waals surface area contributed by atoms with E-state index < -0.39 is 0 Å². The molecular weight excluding hydrogens is 246 g/mol. The van der Waals surface area contributed by atoms with Crippen LogP contribution in [0.1, 0.15) is 5.69 Å². The van der Waals surface area contributed by atoms with Crippen molar-refractivity contribution in [2.45, 2.75) is 6.54 Å². The molecular formula is C12H13N5S. The zero-order valence-corrected chi connectivity index (χ0v) is 10.7. The molecule has 0 aliphatic heterocycles. The van der Waals surface area contributed by atoms with Crippen molar-refractivity contribution in [1.82, 2.24) is 14.8 Å². The van der Waals surface area contributed by atoms with E-state index in [2.05, 4.69) is 15.4 Å². The SMILES string of the molecule is Cn1ccc(CNc2nc3ccc(N)cc3s2)n1. The number of hydrogen-bond donors (Lipinski definition) is 2. The predicted molar refractivity (Wildman–Crippen MR) is 74.6 cm³/mol. The molecule has 2 aromatic heterocycles. The molecule has 0 atom stereocenters. The Morgan fingerprint density at radius 1 is 1.39 bits per heavy atom. The highest BCUT2D eigenvalue weighted by molar-refractivity contribution is 7.22. The minimum absolute atomic E-state index is 0.677. The molecule has 3 rings (SSSR count). The Kier molecular flexibility index (Phi) is 2.64. The van der Waals surface area contributed by atoms with Gasteiger partial charge in [0.15, 0.2) is 5.13 Å². The second-order valence-corrected chi connectivity index (χ2v) is 5.11. The summed E-state index contributed by atoms with van der Waals surface area (Å²) in [4.78, 5) is 4.49. The van der Waals surface area contributed by atoms with Gasteiger partial charge in [-0.1, -0.05) is 11.3 Å². The van der Waals surface area contributed by atoms with E-state index in [1.165, 1.54) is 0 Å². The number of nitrogens with one attached hydrogen (secondary N) is 1. The molecule has 0 spiro atoms. The van der Waals surface area contributed by atoms with E-state index in [1.807, 2.05) is 37.5 Å². The first-order valence-electron chi connectivity index (χ1n) is 5.59. The van der Waals surface area contributed by atoms with Gasteiger partial charge in [-0.3, -0.25) is 4.68 Å². The molecule has 3 aromatic rings. The number of aromatic nitrogens is 3. The molecule has 18 heavy (non-hydrogen) atoms. The fourth-order valence-electron chi connectivity index (χ4n) is 1.74. The van der Waals surface area contributed by atoms with Gasteiger partial charge in [-0.2, -0.15) is 5.10 Å². The molecule has 0 saturated carbocycles. The van der Waals surface area contributed by atoms with Gasteiger partial charge in [0.1, 0.15) is 0 Å². The molecule has 92 valence electrons. The Morgan fingerprint density at radius 2 is 2.28 bits per heavy atom. The van der Waals surface area contributed by atoms with Gasteiger partial charge < -0.3 is 11.1 Å². The lowest BCUT2D eigenvalue weighted by Crippen LogP contribution is -2.00. The minimum atomic E-state index is 0.677. The fourth-order valence-corrected chi connectivity index (χ4v) is 2.65. The lowest BCUT2D eigenvalue weighted by Gasteiger charge is -1.97. The molecule has 0 radical (unpaired) electrons. The predicted octanol–water partition coefficient (Wildman–Crippen LogP) is 2.22. The van der Waals surface area contributed by atoms with Gasteiger partial charge >= 0.3 is 0 Å². The number of nitrogens with zero attached hydrogens (tertiary/aromatic N) is 3. The smallest absolute Gasteiger partial charge is 0.184 e. The van der Waals surface area contributed by atoms with Gasteiger partial charge in [0.2, 0.25) is 0 Å². The number of nitrogens with two attached hydrogens (primary N) is 1. The van der Waals surface area contributed by atoms with Crippen molar-refractivity contribution < 1.29 is 0 Å². The van der Waals surface area contributed by atoms with E-state index in [0.29, 0.717) is 6.54 Å². The Labute approximate surface area is 108 Å². The Bertz CT molecular complexity index is 685. The third-order valence-corrected chi connectivity index (χ3v) is 3.58. The Morgan fingerprint density at radius 3 is 3.06 bits per heavy atom. The number of rotatable bonds is 3. The van der Waals surface area contributed by atoms with Crippen molar-refractivity contribution in [2.24, 2.45) is 7.05 Å². The van der Waals surface area contributed by atoms with Crippen molar-refractivity contribution in [3.8, 4) is 0 Å². The quantitative estimate of drug-likeness (QED) is 0.708. The van der Waals surface area contributed by atoms with Crippen LogP contribution < -0.4 is 11.1 Å². The second-order valence-electron chi connectivity index (χ2n) is 4.08. The van der Waals surface area contributed by atoms with E-state index in [1.54, 1.807) is 16.0 Å². The van der Waals surface area contributed by atoms with Gasteiger partial charge in [0.25, 0.3) is 0 Å². The molecule has 2 heterocycles. The molecule has 0 aliphatic rings. The van der Waals surface area contributed by atoms with Crippen LogP contribution in [0.15, 0.2) is 30.5 Å². The molecule has 0 fully saturated rings. The number of thiazole rings is 1. The summed E-state index contributed by atoms with van der Waals surface area (Å²) in [6, 6.07) is 7.73. The molecule has 3 N–H and O–H groups in total. The first kappa shape index (κ1) is 11.0. The molecule has 0 aliphatic carbocycles. The topological polar surface area (TPSA) is 68.8 Å². The van der Waals surface area contributed by atoms with Gasteiger partial charge in [-0.15, -0.1) is 0 Å². The fraction of sp³-hybridized carbons (Fsp3) is 0.167. The van der Waals surface area contributed by atoms with Crippen LogP contribution in [0.25, 0.3) is 10.2 Å². The maximum Gasteiger partial charge on any atom is 0.184 e. The minimum Gasteiger partial charge on any atom is -0.399 e. The van der Waals surface area contributed by atoms with E-state index in [0.717, 1.165) is 26.7 Å². The molecule has 0 amide bonds. The number of hydrogen-bond acceptors (Lipinski definition) is 5. The molecule has 0 unspecified atom stereocenters. The van der Waals surface area contributed by atoms with Gasteiger partial charge in [0.05, 0.1) is 22.5 Å². The van der Waals surface area contributed by atoms with Gasteiger partial charge in [-0.05, 0) is 24.3 Å². The van der Waals surface area contributed by atoms with Crippen LogP contribution in [0, 0.1) is 0 Å². The Hall–Kier alpha value is -2.08. The largest absolute Gasteiger partial charge is 0.399 e. The first-order chi connectivity index (χ1) is 8.70. The summed E-state index contributed by atoms with van der Waals surface area (Å²) < 4.78 is 2.88. The third kappa shape index (κ3) is 2.14. The van der Waals surface area contributed by atoms with Crippen LogP contribution in [0.2, 0.25) is 0 Å². The Balaban J connectivity index is 1.78. The number of aryl methyl sites for hydroxylation is 1. The molecule has 0 saturated heterocycles. The summed E-state index contributed by atoms with van der Waals surface area (Å²) in [5, 5.41) is 8.47. The van der Waals surface area contributed by atoms with Crippen LogP contribution >= 0.6 is 11.3 Å². The van der Waals surface area contributed by atoms with Crippen molar-refractivity contribution >= 4 is 32.4 Å². The number of benzene rings is 1. The molecule has 5 nitrogen and oxygen atoms in total. The maximum atomic E-state index is 5.75. The van der Waals surface area contributed by atoms with E-state index in [4.69, 9.17) is 5.73 Å². The van der Waals surface area contributed by atoms with E-state index >= 15 is 0 Å². The highest BCUT2D eigenvalue weighted by atomic mass is 32.1. The van der Waals surface area contributed by atoms with Crippen LogP contribution in [-0.2, 0) is 13.6 Å². The number of nitrogen functional groups attached to an aromatic ring is 1. The summed E-state index contributed by atoms with van der Waals surface area (Å²) in [5.74, 6) is 0. The molecule has 6 heteroatoms. The highest BCUT2D eigenvalue weighted by Crippen LogP contribution is 2.27. The summed E-state index contributed by atoms with van der Waals surface area (Å²) in [5.41, 5.74) is 8.48. The summed E-state index contributed by atoms with van der Waals surface area (Å²) in [6.07, 6.45) is 1.93. The zero-order chi connectivity index (χ0) is 12.5. The molecule has 0 bridgehead atoms. The lowest BCUT2D eigenvalue weighted by atomic mass is 10.3. The van der Waals surface area contributed by atoms with Crippen LogP contribution in [0.4, 0.5) is 10.8 Å². The lowest BCUT2D eigenvalue weighted by molar-refractivity contribution is 0.747. The number of fused-ring (bicyclic) bond motifs is 1. The third-order valence-electron chi connectivity index (χ3n) is 2.60. The zero-order valence-electron chi connectivity index (χ0n) is 9.92. The number of anilines is 2. The van der Waals surface area contributed by atoms with Crippen molar-refractivity contribution in [3.63, 3.8) is 0 Å². The van der Waals surface area contributed by atoms with Crippen molar-refractivity contribution in [3.05, 3.63) is 36.2 Å². The van der Waals surface area contributed by atoms with Crippen LogP contribution in [0.5, 0.6) is 0 Å².